The van der Waals surface area contributed by atoms with Crippen LogP contribution in [0, 0.1) is 0 Å². The van der Waals surface area contributed by atoms with Crippen molar-refractivity contribution in [3.8, 4) is 0 Å². The van der Waals surface area contributed by atoms with Gasteiger partial charge in [0.05, 0.1) is 0 Å². The molecule has 344 valence electrons. The van der Waals surface area contributed by atoms with Crippen molar-refractivity contribution in [2.24, 2.45) is 0 Å². The Morgan fingerprint density at radius 1 is 0.344 bits per heavy atom. The van der Waals surface area contributed by atoms with Crippen molar-refractivity contribution in [1.82, 2.24) is 0 Å². The first kappa shape index (κ1) is 57.1. The van der Waals surface area contributed by atoms with Crippen molar-refractivity contribution < 1.29 is 28.6 Å². The van der Waals surface area contributed by atoms with Crippen LogP contribution in [0.3, 0.4) is 0 Å². The van der Waals surface area contributed by atoms with Crippen LogP contribution in [0.4, 0.5) is 0 Å². The number of ether oxygens (including phenoxy) is 3. The molecule has 0 spiro atoms. The molecule has 0 aliphatic carbocycles. The molecule has 0 bridgehead atoms. The Morgan fingerprint density at radius 3 is 1.02 bits per heavy atom. The Hall–Kier alpha value is -3.93. The minimum absolute atomic E-state index is 0.108. The first-order valence-corrected chi connectivity index (χ1v) is 24.4. The SMILES string of the molecule is CC/C=C\C/C=C\C/C=C\C/C=C\CCCCCCC(=O)OCC(COC(=O)CCCCCCC/C=C\C/C=C\CCC)OC(=O)CCCCC/C=C\C/C=C\C/C=C\CC. The van der Waals surface area contributed by atoms with Crippen LogP contribution < -0.4 is 0 Å². The van der Waals surface area contributed by atoms with E-state index in [0.29, 0.717) is 12.8 Å². The highest BCUT2D eigenvalue weighted by Gasteiger charge is 2.19. The van der Waals surface area contributed by atoms with Crippen LogP contribution in [0.15, 0.2) is 109 Å². The first-order chi connectivity index (χ1) is 30.0. The van der Waals surface area contributed by atoms with Gasteiger partial charge in [0.2, 0.25) is 0 Å². The molecule has 6 nitrogen and oxygen atoms in total. The summed E-state index contributed by atoms with van der Waals surface area (Å²) in [5.74, 6) is -0.984. The first-order valence-electron chi connectivity index (χ1n) is 24.4. The predicted molar refractivity (Wildman–Crippen MR) is 260 cm³/mol. The van der Waals surface area contributed by atoms with Gasteiger partial charge >= 0.3 is 17.9 Å². The van der Waals surface area contributed by atoms with Crippen LogP contribution in [0.1, 0.15) is 201 Å². The molecule has 1 atom stereocenters. The van der Waals surface area contributed by atoms with Gasteiger partial charge in [0.15, 0.2) is 6.10 Å². The zero-order chi connectivity index (χ0) is 44.4. The standard InChI is InChI=1S/C55H88O6/c1-4-7-10-13-16-19-22-25-26-27-28-31-33-36-39-42-45-48-54(57)60-51-52(61-55(58)49-46-43-40-37-34-30-24-21-18-15-12-9-6-3)50-59-53(56)47-44-41-38-35-32-29-23-20-17-14-11-8-5-2/h7,9-12,14,16,18-21,23,25-26,28,30-31,34,52H,4-6,8,13,15,17,22,24,27,29,32-33,35-51H2,1-3H3/b10-7-,12-9-,14-11-,19-16-,21-18-,23-20-,26-25-,31-28-,34-30-. The minimum Gasteiger partial charge on any atom is -0.462 e. The Balaban J connectivity index is 4.50. The third-order valence-electron chi connectivity index (χ3n) is 9.72. The second kappa shape index (κ2) is 48.7. The monoisotopic (exact) mass is 845 g/mol. The summed E-state index contributed by atoms with van der Waals surface area (Å²) in [5.41, 5.74) is 0. The van der Waals surface area contributed by atoms with Crippen molar-refractivity contribution in [1.29, 1.82) is 0 Å². The average molecular weight is 845 g/mol. The van der Waals surface area contributed by atoms with Gasteiger partial charge in [-0.2, -0.15) is 0 Å². The highest BCUT2D eigenvalue weighted by atomic mass is 16.6. The van der Waals surface area contributed by atoms with Gasteiger partial charge in [-0.3, -0.25) is 14.4 Å². The predicted octanol–water partition coefficient (Wildman–Crippen LogP) is 16.0. The molecule has 0 aliphatic heterocycles. The maximum Gasteiger partial charge on any atom is 0.306 e. The fourth-order valence-corrected chi connectivity index (χ4v) is 6.13. The molecule has 0 amide bonds. The number of rotatable bonds is 42. The molecular formula is C55H88O6. The average Bonchev–Trinajstić information content (AvgIpc) is 3.26. The number of carbonyl (C=O) groups is 3. The van der Waals surface area contributed by atoms with Gasteiger partial charge in [-0.1, -0.05) is 175 Å². The third kappa shape index (κ3) is 47.0. The quantitative estimate of drug-likeness (QED) is 0.0264. The van der Waals surface area contributed by atoms with Crippen LogP contribution in [-0.4, -0.2) is 37.2 Å². The van der Waals surface area contributed by atoms with Gasteiger partial charge in [-0.25, -0.2) is 0 Å². The van der Waals surface area contributed by atoms with E-state index >= 15 is 0 Å². The van der Waals surface area contributed by atoms with E-state index in [2.05, 4.69) is 130 Å². The van der Waals surface area contributed by atoms with Crippen LogP contribution in [0.5, 0.6) is 0 Å². The number of esters is 3. The van der Waals surface area contributed by atoms with E-state index in [1.165, 1.54) is 6.42 Å². The third-order valence-corrected chi connectivity index (χ3v) is 9.72. The van der Waals surface area contributed by atoms with Gasteiger partial charge in [-0.05, 0) is 116 Å². The van der Waals surface area contributed by atoms with E-state index in [-0.39, 0.29) is 37.5 Å². The van der Waals surface area contributed by atoms with Gasteiger partial charge in [0.1, 0.15) is 13.2 Å². The smallest absolute Gasteiger partial charge is 0.306 e. The normalized spacial score (nSPS) is 13.0. The summed E-state index contributed by atoms with van der Waals surface area (Å²) in [6, 6.07) is 0. The van der Waals surface area contributed by atoms with E-state index in [1.54, 1.807) is 0 Å². The molecule has 1 unspecified atom stereocenters. The van der Waals surface area contributed by atoms with Crippen molar-refractivity contribution in [3.05, 3.63) is 109 Å². The van der Waals surface area contributed by atoms with Crippen molar-refractivity contribution in [3.63, 3.8) is 0 Å². The molecule has 0 aliphatic rings. The molecule has 0 rings (SSSR count). The maximum atomic E-state index is 12.7. The van der Waals surface area contributed by atoms with E-state index in [4.69, 9.17) is 14.2 Å². The molecule has 0 saturated carbocycles. The van der Waals surface area contributed by atoms with E-state index in [9.17, 15) is 14.4 Å². The highest BCUT2D eigenvalue weighted by Crippen LogP contribution is 2.12. The van der Waals surface area contributed by atoms with Crippen LogP contribution in [0.25, 0.3) is 0 Å². The Morgan fingerprint density at radius 2 is 0.639 bits per heavy atom. The number of hydrogen-bond acceptors (Lipinski definition) is 6. The lowest BCUT2D eigenvalue weighted by Gasteiger charge is -2.18. The number of hydrogen-bond donors (Lipinski definition) is 0. The fraction of sp³-hybridized carbons (Fsp3) is 0.618. The van der Waals surface area contributed by atoms with Crippen LogP contribution in [-0.2, 0) is 28.6 Å². The van der Waals surface area contributed by atoms with Gasteiger partial charge < -0.3 is 14.2 Å². The molecule has 0 aromatic rings. The van der Waals surface area contributed by atoms with E-state index in [0.717, 1.165) is 154 Å². The lowest BCUT2D eigenvalue weighted by atomic mass is 10.1. The van der Waals surface area contributed by atoms with Gasteiger partial charge in [-0.15, -0.1) is 0 Å². The molecule has 0 aromatic carbocycles. The lowest BCUT2D eigenvalue weighted by molar-refractivity contribution is -0.167. The minimum atomic E-state index is -0.810. The Bertz CT molecular complexity index is 1290. The highest BCUT2D eigenvalue weighted by molar-refractivity contribution is 5.71. The van der Waals surface area contributed by atoms with Crippen molar-refractivity contribution in [2.45, 2.75) is 207 Å². The molecule has 0 aromatic heterocycles. The Kier molecular flexibility index (Phi) is 45.6. The molecular weight excluding hydrogens is 757 g/mol. The molecule has 61 heavy (non-hydrogen) atoms. The summed E-state index contributed by atoms with van der Waals surface area (Å²) in [6.07, 6.45) is 65.0. The topological polar surface area (TPSA) is 78.9 Å². The van der Waals surface area contributed by atoms with Crippen molar-refractivity contribution >= 4 is 17.9 Å². The van der Waals surface area contributed by atoms with Crippen LogP contribution >= 0.6 is 0 Å². The van der Waals surface area contributed by atoms with E-state index < -0.39 is 6.10 Å². The summed E-state index contributed by atoms with van der Waals surface area (Å²) in [5, 5.41) is 0. The van der Waals surface area contributed by atoms with E-state index in [1.807, 2.05) is 0 Å². The summed E-state index contributed by atoms with van der Waals surface area (Å²) in [6.45, 7) is 6.26. The van der Waals surface area contributed by atoms with Gasteiger partial charge in [0, 0.05) is 19.3 Å². The molecule has 0 fully saturated rings. The largest absolute Gasteiger partial charge is 0.462 e. The summed E-state index contributed by atoms with van der Waals surface area (Å²) < 4.78 is 16.7. The second-order valence-corrected chi connectivity index (χ2v) is 15.6. The Labute approximate surface area is 374 Å². The molecule has 0 saturated heterocycles. The zero-order valence-corrected chi connectivity index (χ0v) is 39.1. The van der Waals surface area contributed by atoms with Crippen LogP contribution in [0.2, 0.25) is 0 Å². The molecule has 0 N–H and O–H groups in total. The summed E-state index contributed by atoms with van der Waals surface area (Å²) >= 11 is 0. The number of carbonyl (C=O) groups excluding carboxylic acids is 3. The maximum absolute atomic E-state index is 12.7. The molecule has 0 heterocycles. The lowest BCUT2D eigenvalue weighted by Crippen LogP contribution is -2.30. The second-order valence-electron chi connectivity index (χ2n) is 15.6. The number of unbranched alkanes of at least 4 members (excludes halogenated alkanes) is 13. The van der Waals surface area contributed by atoms with Crippen molar-refractivity contribution in [2.75, 3.05) is 13.2 Å². The number of allylic oxidation sites excluding steroid dienone is 18. The summed E-state index contributed by atoms with van der Waals surface area (Å²) in [4.78, 5) is 37.9. The molecule has 0 radical (unpaired) electrons. The molecule has 6 heteroatoms. The fourth-order valence-electron chi connectivity index (χ4n) is 6.13. The summed E-state index contributed by atoms with van der Waals surface area (Å²) in [7, 11) is 0. The van der Waals surface area contributed by atoms with Gasteiger partial charge in [0.25, 0.3) is 0 Å². The zero-order valence-electron chi connectivity index (χ0n) is 39.1.